The van der Waals surface area contributed by atoms with Gasteiger partial charge >= 0.3 is 0 Å². The van der Waals surface area contributed by atoms with Gasteiger partial charge in [-0.3, -0.25) is 14.3 Å². The van der Waals surface area contributed by atoms with E-state index in [1.165, 1.54) is 17.1 Å². The van der Waals surface area contributed by atoms with Crippen molar-refractivity contribution in [2.75, 3.05) is 0 Å². The summed E-state index contributed by atoms with van der Waals surface area (Å²) in [5, 5.41) is 3.79. The predicted molar refractivity (Wildman–Crippen MR) is 47.9 cm³/mol. The Morgan fingerprint density at radius 1 is 1.50 bits per heavy atom. The van der Waals surface area contributed by atoms with Crippen LogP contribution in [0.2, 0.25) is 0 Å². The van der Waals surface area contributed by atoms with Crippen molar-refractivity contribution in [3.8, 4) is 0 Å². The van der Waals surface area contributed by atoms with Gasteiger partial charge < -0.3 is 17.2 Å². The number of primary amides is 2. The van der Waals surface area contributed by atoms with E-state index in [-0.39, 0.29) is 12.1 Å². The Kier molecular flexibility index (Phi) is 2.82. The summed E-state index contributed by atoms with van der Waals surface area (Å²) in [7, 11) is 0. The topological polar surface area (TPSA) is 130 Å². The van der Waals surface area contributed by atoms with E-state index in [0.717, 1.165) is 0 Å². The minimum Gasteiger partial charge on any atom is -0.368 e. The van der Waals surface area contributed by atoms with Crippen molar-refractivity contribution < 1.29 is 9.59 Å². The van der Waals surface area contributed by atoms with Gasteiger partial charge in [-0.15, -0.1) is 0 Å². The summed E-state index contributed by atoms with van der Waals surface area (Å²) in [6.45, 7) is 0.128. The highest BCUT2D eigenvalue weighted by molar-refractivity contribution is 5.92. The fourth-order valence-electron chi connectivity index (χ4n) is 0.882. The molecule has 0 saturated carbocycles. The van der Waals surface area contributed by atoms with Crippen molar-refractivity contribution in [3.05, 3.63) is 18.0 Å². The van der Waals surface area contributed by atoms with Crippen LogP contribution in [-0.2, 0) is 11.3 Å². The van der Waals surface area contributed by atoms with Gasteiger partial charge in [-0.1, -0.05) is 0 Å². The van der Waals surface area contributed by atoms with Gasteiger partial charge in [-0.25, -0.2) is 0 Å². The molecule has 1 heterocycles. The number of nitrogens with two attached hydrogens (primary N) is 3. The van der Waals surface area contributed by atoms with Gasteiger partial charge in [0.05, 0.1) is 18.3 Å². The fraction of sp³-hybridized carbons (Fsp3) is 0.286. The molecule has 7 heteroatoms. The van der Waals surface area contributed by atoms with Crippen molar-refractivity contribution in [2.24, 2.45) is 17.2 Å². The minimum atomic E-state index is -0.823. The lowest BCUT2D eigenvalue weighted by atomic mass is 10.3. The van der Waals surface area contributed by atoms with Crippen molar-refractivity contribution >= 4 is 11.8 Å². The lowest BCUT2D eigenvalue weighted by molar-refractivity contribution is -0.119. The maximum atomic E-state index is 10.7. The molecule has 0 aliphatic heterocycles. The van der Waals surface area contributed by atoms with Gasteiger partial charge in [0.2, 0.25) is 5.91 Å². The first kappa shape index (κ1) is 10.2. The van der Waals surface area contributed by atoms with Crippen LogP contribution in [0.1, 0.15) is 10.4 Å². The number of hydrogen-bond donors (Lipinski definition) is 3. The zero-order valence-electron chi connectivity index (χ0n) is 7.38. The van der Waals surface area contributed by atoms with Crippen molar-refractivity contribution in [1.29, 1.82) is 0 Å². The standard InChI is InChI=1S/C7H11N5O2/c8-5(7(10)14)3-12-2-4(1-11-12)6(9)13/h1-2,5H,3,8H2,(H2,9,13)(H2,10,14). The van der Waals surface area contributed by atoms with E-state index in [1.807, 2.05) is 0 Å². The molecule has 2 amide bonds. The molecule has 0 aliphatic carbocycles. The lowest BCUT2D eigenvalue weighted by Gasteiger charge is -2.06. The third kappa shape index (κ3) is 2.30. The summed E-state index contributed by atoms with van der Waals surface area (Å²) in [5.41, 5.74) is 15.6. The van der Waals surface area contributed by atoms with Gasteiger partial charge in [0.15, 0.2) is 0 Å². The highest BCUT2D eigenvalue weighted by atomic mass is 16.1. The van der Waals surface area contributed by atoms with E-state index in [1.54, 1.807) is 0 Å². The molecule has 1 rings (SSSR count). The van der Waals surface area contributed by atoms with Gasteiger partial charge in [0, 0.05) is 6.20 Å². The fourth-order valence-corrected chi connectivity index (χ4v) is 0.882. The molecule has 0 saturated heterocycles. The molecular formula is C7H11N5O2. The quantitative estimate of drug-likeness (QED) is 0.505. The summed E-state index contributed by atoms with van der Waals surface area (Å²) >= 11 is 0. The van der Waals surface area contributed by atoms with Gasteiger partial charge in [-0.2, -0.15) is 5.10 Å². The van der Waals surface area contributed by atoms with E-state index < -0.39 is 17.9 Å². The maximum Gasteiger partial charge on any atom is 0.251 e. The van der Waals surface area contributed by atoms with Crippen LogP contribution >= 0.6 is 0 Å². The summed E-state index contributed by atoms with van der Waals surface area (Å²) in [4.78, 5) is 21.3. The number of carbonyl (C=O) groups is 2. The Morgan fingerprint density at radius 2 is 2.14 bits per heavy atom. The third-order valence-corrected chi connectivity index (χ3v) is 1.67. The van der Waals surface area contributed by atoms with Gasteiger partial charge in [0.1, 0.15) is 6.04 Å². The molecule has 6 N–H and O–H groups in total. The molecule has 0 bridgehead atoms. The minimum absolute atomic E-state index is 0.128. The average molecular weight is 197 g/mol. The van der Waals surface area contributed by atoms with E-state index in [0.29, 0.717) is 0 Å². The third-order valence-electron chi connectivity index (χ3n) is 1.67. The molecule has 14 heavy (non-hydrogen) atoms. The van der Waals surface area contributed by atoms with Crippen LogP contribution in [0.3, 0.4) is 0 Å². The number of carbonyl (C=O) groups excluding carboxylic acids is 2. The van der Waals surface area contributed by atoms with Crippen molar-refractivity contribution in [2.45, 2.75) is 12.6 Å². The Morgan fingerprint density at radius 3 is 2.57 bits per heavy atom. The van der Waals surface area contributed by atoms with Crippen LogP contribution in [0.5, 0.6) is 0 Å². The largest absolute Gasteiger partial charge is 0.368 e. The number of aromatic nitrogens is 2. The van der Waals surface area contributed by atoms with E-state index >= 15 is 0 Å². The Balaban J connectivity index is 2.69. The number of rotatable bonds is 4. The summed E-state index contributed by atoms with van der Waals surface area (Å²) in [5.74, 6) is -1.20. The SMILES string of the molecule is NC(=O)c1cnn(CC(N)C(N)=O)c1. The molecule has 1 aromatic rings. The average Bonchev–Trinajstić information content (AvgIpc) is 2.52. The molecule has 76 valence electrons. The molecular weight excluding hydrogens is 186 g/mol. The smallest absolute Gasteiger partial charge is 0.251 e. The van der Waals surface area contributed by atoms with Crippen LogP contribution in [0.4, 0.5) is 0 Å². The van der Waals surface area contributed by atoms with Gasteiger partial charge in [-0.05, 0) is 0 Å². The first-order chi connectivity index (χ1) is 6.50. The van der Waals surface area contributed by atoms with Crippen LogP contribution < -0.4 is 17.2 Å². The predicted octanol–water partition coefficient (Wildman–Crippen LogP) is -2.21. The Labute approximate surface area is 79.8 Å². The maximum absolute atomic E-state index is 10.7. The van der Waals surface area contributed by atoms with E-state index in [4.69, 9.17) is 17.2 Å². The lowest BCUT2D eigenvalue weighted by Crippen LogP contribution is -2.39. The van der Waals surface area contributed by atoms with Crippen LogP contribution in [0.25, 0.3) is 0 Å². The molecule has 0 radical (unpaired) electrons. The first-order valence-electron chi connectivity index (χ1n) is 3.88. The molecule has 1 atom stereocenters. The second-order valence-corrected chi connectivity index (χ2v) is 2.82. The summed E-state index contributed by atoms with van der Waals surface area (Å²) in [6.07, 6.45) is 2.71. The van der Waals surface area contributed by atoms with Crippen molar-refractivity contribution in [1.82, 2.24) is 9.78 Å². The molecule has 1 aromatic heterocycles. The monoisotopic (exact) mass is 197 g/mol. The zero-order chi connectivity index (χ0) is 10.7. The zero-order valence-corrected chi connectivity index (χ0v) is 7.38. The van der Waals surface area contributed by atoms with Crippen LogP contribution in [-0.4, -0.2) is 27.6 Å². The molecule has 1 unspecified atom stereocenters. The van der Waals surface area contributed by atoms with Crippen LogP contribution in [0, 0.1) is 0 Å². The highest BCUT2D eigenvalue weighted by Crippen LogP contribution is 1.96. The van der Waals surface area contributed by atoms with Crippen molar-refractivity contribution in [3.63, 3.8) is 0 Å². The summed E-state index contributed by atoms with van der Waals surface area (Å²) in [6, 6.07) is -0.823. The van der Waals surface area contributed by atoms with E-state index in [2.05, 4.69) is 5.10 Å². The second kappa shape index (κ2) is 3.88. The summed E-state index contributed by atoms with van der Waals surface area (Å²) < 4.78 is 1.34. The molecule has 0 spiro atoms. The second-order valence-electron chi connectivity index (χ2n) is 2.82. The van der Waals surface area contributed by atoms with Crippen LogP contribution in [0.15, 0.2) is 12.4 Å². The molecule has 0 fully saturated rings. The first-order valence-corrected chi connectivity index (χ1v) is 3.88. The normalized spacial score (nSPS) is 12.4. The highest BCUT2D eigenvalue weighted by Gasteiger charge is 2.11. The number of amides is 2. The Hall–Kier alpha value is -1.89. The number of hydrogen-bond acceptors (Lipinski definition) is 4. The number of nitrogens with zero attached hydrogens (tertiary/aromatic N) is 2. The molecule has 0 aliphatic rings. The van der Waals surface area contributed by atoms with Gasteiger partial charge in [0.25, 0.3) is 5.91 Å². The Bertz CT molecular complexity index is 359. The molecule has 7 nitrogen and oxygen atoms in total. The van der Waals surface area contributed by atoms with E-state index in [9.17, 15) is 9.59 Å². The molecule has 0 aromatic carbocycles.